The molecule has 4 heteroatoms. The summed E-state index contributed by atoms with van der Waals surface area (Å²) >= 11 is 5.81. The van der Waals surface area contributed by atoms with Gasteiger partial charge in [-0.25, -0.2) is 0 Å². The largest absolute Gasteiger partial charge is 0.504 e. The van der Waals surface area contributed by atoms with Gasteiger partial charge in [0.1, 0.15) is 0 Å². The summed E-state index contributed by atoms with van der Waals surface area (Å²) in [7, 11) is 1.46. The molecule has 0 saturated heterocycles. The monoisotopic (exact) mass is 216 g/mol. The van der Waals surface area contributed by atoms with Crippen LogP contribution in [0.15, 0.2) is 12.1 Å². The first-order chi connectivity index (χ1) is 6.54. The molecule has 1 rings (SSSR count). The van der Waals surface area contributed by atoms with Crippen LogP contribution in [0.1, 0.15) is 12.5 Å². The van der Waals surface area contributed by atoms with Crippen molar-refractivity contribution in [3.8, 4) is 11.5 Å². The molecule has 0 radical (unpaired) electrons. The molecular weight excluding hydrogens is 204 g/mol. The van der Waals surface area contributed by atoms with Crippen LogP contribution >= 0.6 is 11.6 Å². The maximum absolute atomic E-state index is 9.67. The molecule has 0 aromatic heterocycles. The van der Waals surface area contributed by atoms with Gasteiger partial charge in [-0.3, -0.25) is 0 Å². The van der Waals surface area contributed by atoms with Gasteiger partial charge in [0.2, 0.25) is 0 Å². The van der Waals surface area contributed by atoms with Crippen LogP contribution in [-0.2, 0) is 6.42 Å². The molecule has 3 nitrogen and oxygen atoms in total. The quantitative estimate of drug-likeness (QED) is 0.813. The standard InChI is InChI=1S/C10H13ClO3/c1-6(12)3-7-4-8(11)5-9(14-2)10(7)13/h4-6,12-13H,3H2,1-2H3/t6-/m0/s1. The summed E-state index contributed by atoms with van der Waals surface area (Å²) in [5.74, 6) is 0.367. The highest BCUT2D eigenvalue weighted by Gasteiger charge is 2.11. The number of aromatic hydroxyl groups is 1. The lowest BCUT2D eigenvalue weighted by molar-refractivity contribution is 0.194. The van der Waals surface area contributed by atoms with Crippen molar-refractivity contribution in [1.82, 2.24) is 0 Å². The Balaban J connectivity index is 3.08. The van der Waals surface area contributed by atoms with E-state index in [0.717, 1.165) is 0 Å². The molecule has 0 amide bonds. The van der Waals surface area contributed by atoms with Crippen molar-refractivity contribution in [2.45, 2.75) is 19.4 Å². The van der Waals surface area contributed by atoms with Gasteiger partial charge in [0, 0.05) is 23.1 Å². The summed E-state index contributed by atoms with van der Waals surface area (Å²) in [6.07, 6.45) is -0.174. The number of hydrogen-bond acceptors (Lipinski definition) is 3. The molecule has 0 aliphatic heterocycles. The smallest absolute Gasteiger partial charge is 0.162 e. The first kappa shape index (κ1) is 11.1. The fourth-order valence-electron chi connectivity index (χ4n) is 1.26. The third-order valence-corrected chi connectivity index (χ3v) is 2.07. The molecule has 0 bridgehead atoms. The number of phenolic OH excluding ortho intramolecular Hbond substituents is 1. The van der Waals surface area contributed by atoms with Gasteiger partial charge >= 0.3 is 0 Å². The minimum absolute atomic E-state index is 0.0396. The molecule has 0 fully saturated rings. The highest BCUT2D eigenvalue weighted by Crippen LogP contribution is 2.33. The van der Waals surface area contributed by atoms with Crippen molar-refractivity contribution in [1.29, 1.82) is 0 Å². The molecule has 0 unspecified atom stereocenters. The summed E-state index contributed by atoms with van der Waals surface area (Å²) in [6.45, 7) is 1.65. The Morgan fingerprint density at radius 3 is 2.64 bits per heavy atom. The molecule has 1 aromatic carbocycles. The van der Waals surface area contributed by atoms with Gasteiger partial charge in [0.15, 0.2) is 11.5 Å². The van der Waals surface area contributed by atoms with E-state index < -0.39 is 6.10 Å². The summed E-state index contributed by atoms with van der Waals surface area (Å²) in [4.78, 5) is 0. The number of ether oxygens (including phenoxy) is 1. The molecule has 78 valence electrons. The van der Waals surface area contributed by atoms with Gasteiger partial charge in [0.25, 0.3) is 0 Å². The van der Waals surface area contributed by atoms with E-state index in [1.165, 1.54) is 13.2 Å². The maximum Gasteiger partial charge on any atom is 0.162 e. The molecule has 1 atom stereocenters. The molecule has 0 aliphatic carbocycles. The SMILES string of the molecule is COc1cc(Cl)cc(C[C@H](C)O)c1O. The first-order valence-electron chi connectivity index (χ1n) is 4.28. The molecule has 0 saturated carbocycles. The van der Waals surface area contributed by atoms with Crippen molar-refractivity contribution in [3.05, 3.63) is 22.7 Å². The van der Waals surface area contributed by atoms with Crippen LogP contribution in [0.2, 0.25) is 5.02 Å². The van der Waals surface area contributed by atoms with E-state index in [1.54, 1.807) is 13.0 Å². The molecule has 0 heterocycles. The molecule has 14 heavy (non-hydrogen) atoms. The molecule has 1 aromatic rings. The van der Waals surface area contributed by atoms with Crippen LogP contribution in [0.25, 0.3) is 0 Å². The lowest BCUT2D eigenvalue weighted by Crippen LogP contribution is -2.04. The third-order valence-electron chi connectivity index (χ3n) is 1.85. The Hall–Kier alpha value is -0.930. The molecule has 2 N–H and O–H groups in total. The number of aliphatic hydroxyl groups is 1. The number of rotatable bonds is 3. The maximum atomic E-state index is 9.67. The summed E-state index contributed by atoms with van der Waals surface area (Å²) < 4.78 is 4.93. The second-order valence-electron chi connectivity index (χ2n) is 3.17. The zero-order valence-corrected chi connectivity index (χ0v) is 8.88. The summed E-state index contributed by atoms with van der Waals surface area (Å²) in [5.41, 5.74) is 0.587. The molecule has 0 aliphatic rings. The van der Waals surface area contributed by atoms with Gasteiger partial charge in [-0.15, -0.1) is 0 Å². The lowest BCUT2D eigenvalue weighted by atomic mass is 10.1. The van der Waals surface area contributed by atoms with Crippen LogP contribution in [-0.4, -0.2) is 23.4 Å². The Bertz CT molecular complexity index is 323. The predicted molar refractivity (Wildman–Crippen MR) is 55.1 cm³/mol. The van der Waals surface area contributed by atoms with E-state index in [4.69, 9.17) is 16.3 Å². The van der Waals surface area contributed by atoms with Crippen LogP contribution in [0.5, 0.6) is 11.5 Å². The van der Waals surface area contributed by atoms with Crippen molar-refractivity contribution in [2.24, 2.45) is 0 Å². The fourth-order valence-corrected chi connectivity index (χ4v) is 1.49. The number of aliphatic hydroxyl groups excluding tert-OH is 1. The minimum atomic E-state index is -0.524. The van der Waals surface area contributed by atoms with Crippen molar-refractivity contribution >= 4 is 11.6 Å². The number of methoxy groups -OCH3 is 1. The average Bonchev–Trinajstić information content (AvgIpc) is 2.09. The summed E-state index contributed by atoms with van der Waals surface area (Å²) in [6, 6.07) is 3.15. The number of phenols is 1. The van der Waals surface area contributed by atoms with Gasteiger partial charge in [-0.2, -0.15) is 0 Å². The van der Waals surface area contributed by atoms with Gasteiger partial charge in [0.05, 0.1) is 13.2 Å². The van der Waals surface area contributed by atoms with Crippen molar-refractivity contribution < 1.29 is 14.9 Å². The Kier molecular flexibility index (Phi) is 3.61. The van der Waals surface area contributed by atoms with Crippen molar-refractivity contribution in [3.63, 3.8) is 0 Å². The zero-order chi connectivity index (χ0) is 10.7. The van der Waals surface area contributed by atoms with Crippen LogP contribution in [0, 0.1) is 0 Å². The van der Waals surface area contributed by atoms with Crippen molar-refractivity contribution in [2.75, 3.05) is 7.11 Å². The Morgan fingerprint density at radius 1 is 1.50 bits per heavy atom. The normalized spacial score (nSPS) is 12.6. The highest BCUT2D eigenvalue weighted by atomic mass is 35.5. The Labute approximate surface area is 87.9 Å². The van der Waals surface area contributed by atoms with Gasteiger partial charge < -0.3 is 14.9 Å². The molecular formula is C10H13ClO3. The minimum Gasteiger partial charge on any atom is -0.504 e. The van der Waals surface area contributed by atoms with Crippen LogP contribution < -0.4 is 4.74 Å². The second kappa shape index (κ2) is 4.53. The topological polar surface area (TPSA) is 49.7 Å². The van der Waals surface area contributed by atoms with Crippen LogP contribution in [0.3, 0.4) is 0 Å². The number of benzene rings is 1. The third kappa shape index (κ3) is 2.53. The van der Waals surface area contributed by atoms with Crippen LogP contribution in [0.4, 0.5) is 0 Å². The zero-order valence-electron chi connectivity index (χ0n) is 8.12. The van der Waals surface area contributed by atoms with E-state index in [1.807, 2.05) is 0 Å². The van der Waals surface area contributed by atoms with Gasteiger partial charge in [-0.05, 0) is 13.0 Å². The molecule has 0 spiro atoms. The second-order valence-corrected chi connectivity index (χ2v) is 3.61. The predicted octanol–water partition coefficient (Wildman–Crippen LogP) is 1.98. The average molecular weight is 217 g/mol. The van der Waals surface area contributed by atoms with E-state index in [0.29, 0.717) is 22.8 Å². The fraction of sp³-hybridized carbons (Fsp3) is 0.400. The van der Waals surface area contributed by atoms with E-state index in [2.05, 4.69) is 0 Å². The number of hydrogen-bond donors (Lipinski definition) is 2. The number of halogens is 1. The van der Waals surface area contributed by atoms with E-state index >= 15 is 0 Å². The Morgan fingerprint density at radius 2 is 2.14 bits per heavy atom. The highest BCUT2D eigenvalue weighted by molar-refractivity contribution is 6.30. The van der Waals surface area contributed by atoms with E-state index in [-0.39, 0.29) is 5.75 Å². The lowest BCUT2D eigenvalue weighted by Gasteiger charge is -2.10. The summed E-state index contributed by atoms with van der Waals surface area (Å²) in [5, 5.41) is 19.3. The van der Waals surface area contributed by atoms with Gasteiger partial charge in [-0.1, -0.05) is 11.6 Å². The first-order valence-corrected chi connectivity index (χ1v) is 4.65. The van der Waals surface area contributed by atoms with E-state index in [9.17, 15) is 10.2 Å².